The van der Waals surface area contributed by atoms with Gasteiger partial charge in [0, 0.05) is 18.1 Å². The third-order valence-corrected chi connectivity index (χ3v) is 4.35. The molecule has 2 atom stereocenters. The monoisotopic (exact) mass is 238 g/mol. The lowest BCUT2D eigenvalue weighted by molar-refractivity contribution is 0.176. The second-order valence-electron chi connectivity index (χ2n) is 6.37. The summed E-state index contributed by atoms with van der Waals surface area (Å²) < 4.78 is 0. The van der Waals surface area contributed by atoms with Gasteiger partial charge in [0.2, 0.25) is 0 Å². The quantitative estimate of drug-likeness (QED) is 0.733. The topological polar surface area (TPSA) is 15.3 Å². The number of rotatable bonds is 7. The molecule has 17 heavy (non-hydrogen) atoms. The van der Waals surface area contributed by atoms with Crippen molar-refractivity contribution in [3.63, 3.8) is 0 Å². The summed E-state index contributed by atoms with van der Waals surface area (Å²) >= 11 is 0. The highest BCUT2D eigenvalue weighted by Crippen LogP contribution is 2.34. The van der Waals surface area contributed by atoms with E-state index in [0.29, 0.717) is 0 Å². The predicted molar refractivity (Wildman–Crippen MR) is 74.3 cm³/mol. The van der Waals surface area contributed by atoms with Gasteiger partial charge in [-0.05, 0) is 57.5 Å². The van der Waals surface area contributed by atoms with Crippen LogP contribution in [-0.2, 0) is 0 Å². The number of hydrogen-bond donors (Lipinski definition) is 1. The maximum Gasteiger partial charge on any atom is 0.0114 e. The van der Waals surface area contributed by atoms with Crippen LogP contribution in [0.4, 0.5) is 0 Å². The minimum Gasteiger partial charge on any atom is -0.314 e. The Hall–Kier alpha value is -0.0800. The van der Waals surface area contributed by atoms with Crippen molar-refractivity contribution in [1.29, 1.82) is 0 Å². The van der Waals surface area contributed by atoms with Crippen LogP contribution in [0.15, 0.2) is 0 Å². The lowest BCUT2D eigenvalue weighted by Gasteiger charge is -2.29. The van der Waals surface area contributed by atoms with E-state index in [1.807, 2.05) is 0 Å². The maximum absolute atomic E-state index is 3.63. The van der Waals surface area contributed by atoms with Crippen LogP contribution < -0.4 is 5.32 Å². The van der Waals surface area contributed by atoms with Gasteiger partial charge in [0.1, 0.15) is 0 Å². The van der Waals surface area contributed by atoms with Gasteiger partial charge in [-0.15, -0.1) is 0 Å². The van der Waals surface area contributed by atoms with Crippen LogP contribution in [0.2, 0.25) is 0 Å². The molecule has 2 saturated carbocycles. The van der Waals surface area contributed by atoms with Gasteiger partial charge in [-0.2, -0.15) is 0 Å². The van der Waals surface area contributed by atoms with Crippen LogP contribution in [0.5, 0.6) is 0 Å². The average Bonchev–Trinajstić information content (AvgIpc) is 3.00. The molecule has 1 N–H and O–H groups in total. The molecule has 0 saturated heterocycles. The molecule has 0 aromatic carbocycles. The standard InChI is InChI=1S/C15H30N2/c1-4-16-13-5-6-15(11-13)17(14-7-8-14)10-9-12(2)3/h12-16H,4-11H2,1-3H3. The smallest absolute Gasteiger partial charge is 0.0114 e. The summed E-state index contributed by atoms with van der Waals surface area (Å²) in [7, 11) is 0. The maximum atomic E-state index is 3.63. The second-order valence-corrected chi connectivity index (χ2v) is 6.37. The molecule has 0 bridgehead atoms. The molecular formula is C15H30N2. The van der Waals surface area contributed by atoms with Gasteiger partial charge in [-0.1, -0.05) is 20.8 Å². The zero-order chi connectivity index (χ0) is 12.3. The highest BCUT2D eigenvalue weighted by Gasteiger charge is 2.37. The van der Waals surface area contributed by atoms with Gasteiger partial charge in [-0.3, -0.25) is 4.90 Å². The summed E-state index contributed by atoms with van der Waals surface area (Å²) in [6.07, 6.45) is 8.50. The second kappa shape index (κ2) is 6.19. The molecule has 2 heteroatoms. The van der Waals surface area contributed by atoms with E-state index in [-0.39, 0.29) is 0 Å². The average molecular weight is 238 g/mol. The predicted octanol–water partition coefficient (Wildman–Crippen LogP) is 3.03. The lowest BCUT2D eigenvalue weighted by atomic mass is 10.1. The zero-order valence-corrected chi connectivity index (χ0v) is 11.9. The first kappa shape index (κ1) is 13.4. The first-order chi connectivity index (χ1) is 8.20. The summed E-state index contributed by atoms with van der Waals surface area (Å²) in [5.41, 5.74) is 0. The Kier molecular flexibility index (Phi) is 4.87. The Balaban J connectivity index is 1.80. The van der Waals surface area contributed by atoms with Crippen LogP contribution in [-0.4, -0.2) is 36.1 Å². The molecule has 0 aromatic heterocycles. The number of nitrogens with one attached hydrogen (secondary N) is 1. The summed E-state index contributed by atoms with van der Waals surface area (Å²) in [4.78, 5) is 2.84. The molecule has 2 fully saturated rings. The largest absolute Gasteiger partial charge is 0.314 e. The van der Waals surface area contributed by atoms with E-state index in [4.69, 9.17) is 0 Å². The van der Waals surface area contributed by atoms with Gasteiger partial charge < -0.3 is 5.32 Å². The van der Waals surface area contributed by atoms with Crippen molar-refractivity contribution in [1.82, 2.24) is 10.2 Å². The van der Waals surface area contributed by atoms with E-state index in [9.17, 15) is 0 Å². The Morgan fingerprint density at radius 3 is 2.41 bits per heavy atom. The molecule has 100 valence electrons. The van der Waals surface area contributed by atoms with Crippen molar-refractivity contribution in [2.45, 2.75) is 77.4 Å². The fraction of sp³-hybridized carbons (Fsp3) is 1.00. The Labute approximate surface area is 107 Å². The van der Waals surface area contributed by atoms with Crippen LogP contribution in [0, 0.1) is 5.92 Å². The third kappa shape index (κ3) is 3.96. The first-order valence-electron chi connectivity index (χ1n) is 7.69. The lowest BCUT2D eigenvalue weighted by Crippen LogP contribution is -2.38. The molecule has 2 nitrogen and oxygen atoms in total. The summed E-state index contributed by atoms with van der Waals surface area (Å²) in [6.45, 7) is 9.39. The molecule has 2 rings (SSSR count). The van der Waals surface area contributed by atoms with E-state index in [0.717, 1.165) is 30.6 Å². The molecule has 0 aromatic rings. The molecular weight excluding hydrogens is 208 g/mol. The van der Waals surface area contributed by atoms with E-state index >= 15 is 0 Å². The van der Waals surface area contributed by atoms with Crippen LogP contribution in [0.1, 0.15) is 59.3 Å². The summed E-state index contributed by atoms with van der Waals surface area (Å²) in [6, 6.07) is 2.62. The Bertz CT molecular complexity index is 223. The molecule has 2 aliphatic rings. The molecule has 0 aliphatic heterocycles. The van der Waals surface area contributed by atoms with E-state index in [1.54, 1.807) is 0 Å². The highest BCUT2D eigenvalue weighted by molar-refractivity contribution is 4.94. The zero-order valence-electron chi connectivity index (χ0n) is 11.9. The molecule has 2 unspecified atom stereocenters. The number of nitrogens with zero attached hydrogens (tertiary/aromatic N) is 1. The molecule has 0 amide bonds. The van der Waals surface area contributed by atoms with Crippen LogP contribution in [0.3, 0.4) is 0 Å². The third-order valence-electron chi connectivity index (χ3n) is 4.35. The normalized spacial score (nSPS) is 29.5. The minimum absolute atomic E-state index is 0.797. The van der Waals surface area contributed by atoms with E-state index in [2.05, 4.69) is 31.0 Å². The summed E-state index contributed by atoms with van der Waals surface area (Å²) in [5.74, 6) is 0.849. The van der Waals surface area contributed by atoms with Gasteiger partial charge in [-0.25, -0.2) is 0 Å². The highest BCUT2D eigenvalue weighted by atomic mass is 15.2. The van der Waals surface area contributed by atoms with Crippen molar-refractivity contribution in [3.05, 3.63) is 0 Å². The molecule has 0 radical (unpaired) electrons. The van der Waals surface area contributed by atoms with Crippen molar-refractivity contribution >= 4 is 0 Å². The Morgan fingerprint density at radius 2 is 1.82 bits per heavy atom. The fourth-order valence-electron chi connectivity index (χ4n) is 3.21. The van der Waals surface area contributed by atoms with Crippen molar-refractivity contribution in [2.75, 3.05) is 13.1 Å². The Morgan fingerprint density at radius 1 is 1.12 bits per heavy atom. The van der Waals surface area contributed by atoms with Gasteiger partial charge in [0.25, 0.3) is 0 Å². The van der Waals surface area contributed by atoms with Crippen molar-refractivity contribution in [2.24, 2.45) is 5.92 Å². The van der Waals surface area contributed by atoms with Crippen LogP contribution in [0.25, 0.3) is 0 Å². The fourth-order valence-corrected chi connectivity index (χ4v) is 3.21. The van der Waals surface area contributed by atoms with E-state index in [1.165, 1.54) is 45.1 Å². The molecule has 0 heterocycles. The van der Waals surface area contributed by atoms with Gasteiger partial charge in [0.15, 0.2) is 0 Å². The van der Waals surface area contributed by atoms with Crippen molar-refractivity contribution < 1.29 is 0 Å². The van der Waals surface area contributed by atoms with Gasteiger partial charge >= 0.3 is 0 Å². The van der Waals surface area contributed by atoms with Crippen LogP contribution >= 0.6 is 0 Å². The summed E-state index contributed by atoms with van der Waals surface area (Å²) in [5, 5.41) is 3.63. The van der Waals surface area contributed by atoms with E-state index < -0.39 is 0 Å². The first-order valence-corrected chi connectivity index (χ1v) is 7.69. The van der Waals surface area contributed by atoms with Crippen molar-refractivity contribution in [3.8, 4) is 0 Å². The van der Waals surface area contributed by atoms with Gasteiger partial charge in [0.05, 0.1) is 0 Å². The minimum atomic E-state index is 0.797. The molecule has 0 spiro atoms. The SMILES string of the molecule is CCNC1CCC(N(CCC(C)C)C2CC2)C1. The molecule has 2 aliphatic carbocycles. The number of hydrogen-bond acceptors (Lipinski definition) is 2.